The van der Waals surface area contributed by atoms with Crippen LogP contribution in [-0.4, -0.2) is 23.5 Å². The van der Waals surface area contributed by atoms with Gasteiger partial charge in [0, 0.05) is 22.8 Å². The number of benzene rings is 3. The number of aromatic amines is 1. The Labute approximate surface area is 190 Å². The standard InChI is InChI=1S/C28H31N3O/c1-20-10-8-11-21(2)27(20)31-28(32)26(29-17-9-14-22-12-4-3-5-13-22)18-23-19-30-25-16-7-6-15-24(23)25/h3-8,10-13,15-16,19,26,29-30H,9,14,17-18H2,1-2H3,(H,31,32). The Hall–Kier alpha value is -3.37. The average Bonchev–Trinajstić information content (AvgIpc) is 3.22. The van der Waals surface area contributed by atoms with E-state index in [4.69, 9.17) is 0 Å². The third-order valence-corrected chi connectivity index (χ3v) is 6.02. The summed E-state index contributed by atoms with van der Waals surface area (Å²) in [4.78, 5) is 16.7. The summed E-state index contributed by atoms with van der Waals surface area (Å²) in [5.41, 5.74) is 6.63. The van der Waals surface area contributed by atoms with Gasteiger partial charge in [0.25, 0.3) is 0 Å². The van der Waals surface area contributed by atoms with Crippen molar-refractivity contribution in [2.24, 2.45) is 0 Å². The Morgan fingerprint density at radius 3 is 2.41 bits per heavy atom. The Balaban J connectivity index is 1.48. The number of rotatable bonds is 9. The molecule has 1 unspecified atom stereocenters. The molecule has 164 valence electrons. The molecule has 4 nitrogen and oxygen atoms in total. The zero-order valence-corrected chi connectivity index (χ0v) is 18.8. The summed E-state index contributed by atoms with van der Waals surface area (Å²) < 4.78 is 0. The first-order chi connectivity index (χ1) is 15.6. The van der Waals surface area contributed by atoms with E-state index >= 15 is 0 Å². The first-order valence-electron chi connectivity index (χ1n) is 11.3. The summed E-state index contributed by atoms with van der Waals surface area (Å²) in [5.74, 6) is 0.00684. The Kier molecular flexibility index (Phi) is 7.03. The molecule has 1 atom stereocenters. The van der Waals surface area contributed by atoms with Crippen molar-refractivity contribution >= 4 is 22.5 Å². The van der Waals surface area contributed by atoms with Crippen LogP contribution in [0.4, 0.5) is 5.69 Å². The van der Waals surface area contributed by atoms with Crippen LogP contribution in [0.3, 0.4) is 0 Å². The van der Waals surface area contributed by atoms with E-state index in [1.807, 2.05) is 56.4 Å². The number of carbonyl (C=O) groups excluding carboxylic acids is 1. The molecular formula is C28H31N3O. The highest BCUT2D eigenvalue weighted by molar-refractivity contribution is 5.97. The van der Waals surface area contributed by atoms with Gasteiger partial charge in [-0.05, 0) is 68.0 Å². The van der Waals surface area contributed by atoms with Crippen LogP contribution in [0.1, 0.15) is 28.7 Å². The molecule has 0 aliphatic heterocycles. The van der Waals surface area contributed by atoms with Crippen molar-refractivity contribution in [3.8, 4) is 0 Å². The van der Waals surface area contributed by atoms with Gasteiger partial charge in [-0.25, -0.2) is 0 Å². The highest BCUT2D eigenvalue weighted by Crippen LogP contribution is 2.22. The maximum atomic E-state index is 13.4. The fraction of sp³-hybridized carbons (Fsp3) is 0.250. The summed E-state index contributed by atoms with van der Waals surface area (Å²) in [6.07, 6.45) is 4.62. The van der Waals surface area contributed by atoms with Gasteiger partial charge in [-0.15, -0.1) is 0 Å². The Morgan fingerprint density at radius 1 is 0.906 bits per heavy atom. The lowest BCUT2D eigenvalue weighted by Crippen LogP contribution is -2.43. The van der Waals surface area contributed by atoms with Gasteiger partial charge in [-0.2, -0.15) is 0 Å². The molecule has 4 heteroatoms. The van der Waals surface area contributed by atoms with E-state index < -0.39 is 0 Å². The van der Waals surface area contributed by atoms with Crippen molar-refractivity contribution in [3.05, 3.63) is 101 Å². The van der Waals surface area contributed by atoms with Crippen molar-refractivity contribution in [2.75, 3.05) is 11.9 Å². The van der Waals surface area contributed by atoms with Crippen LogP contribution >= 0.6 is 0 Å². The second-order valence-corrected chi connectivity index (χ2v) is 8.42. The van der Waals surface area contributed by atoms with E-state index in [1.54, 1.807) is 0 Å². The lowest BCUT2D eigenvalue weighted by atomic mass is 10.0. The number of nitrogens with one attached hydrogen (secondary N) is 3. The number of amides is 1. The number of fused-ring (bicyclic) bond motifs is 1. The molecule has 0 bridgehead atoms. The minimum atomic E-state index is -0.316. The zero-order chi connectivity index (χ0) is 22.3. The molecule has 4 aromatic rings. The largest absolute Gasteiger partial charge is 0.361 e. The molecule has 0 radical (unpaired) electrons. The van der Waals surface area contributed by atoms with Crippen LogP contribution in [-0.2, 0) is 17.6 Å². The lowest BCUT2D eigenvalue weighted by Gasteiger charge is -2.20. The van der Waals surface area contributed by atoms with Crippen LogP contribution in [0.5, 0.6) is 0 Å². The number of anilines is 1. The molecule has 3 aromatic carbocycles. The van der Waals surface area contributed by atoms with Crippen molar-refractivity contribution < 1.29 is 4.79 Å². The van der Waals surface area contributed by atoms with Crippen molar-refractivity contribution in [1.82, 2.24) is 10.3 Å². The highest BCUT2D eigenvalue weighted by Gasteiger charge is 2.21. The summed E-state index contributed by atoms with van der Waals surface area (Å²) >= 11 is 0. The Bertz CT molecular complexity index is 1160. The normalized spacial score (nSPS) is 12.1. The molecule has 3 N–H and O–H groups in total. The van der Waals surface area contributed by atoms with E-state index in [2.05, 4.69) is 52.0 Å². The topological polar surface area (TPSA) is 56.9 Å². The molecule has 4 rings (SSSR count). The molecular weight excluding hydrogens is 394 g/mol. The molecule has 0 saturated carbocycles. The van der Waals surface area contributed by atoms with Gasteiger partial charge >= 0.3 is 0 Å². The number of para-hydroxylation sites is 2. The summed E-state index contributed by atoms with van der Waals surface area (Å²) in [6.45, 7) is 4.84. The zero-order valence-electron chi connectivity index (χ0n) is 18.8. The van der Waals surface area contributed by atoms with Crippen molar-refractivity contribution in [1.29, 1.82) is 0 Å². The SMILES string of the molecule is Cc1cccc(C)c1NC(=O)C(Cc1c[nH]c2ccccc12)NCCCc1ccccc1. The van der Waals surface area contributed by atoms with Crippen LogP contribution in [0.2, 0.25) is 0 Å². The average molecular weight is 426 g/mol. The van der Waals surface area contributed by atoms with Crippen LogP contribution < -0.4 is 10.6 Å². The fourth-order valence-corrected chi connectivity index (χ4v) is 4.21. The predicted octanol–water partition coefficient (Wildman–Crippen LogP) is 5.56. The molecule has 1 heterocycles. The molecule has 1 amide bonds. The predicted molar refractivity (Wildman–Crippen MR) is 133 cm³/mol. The van der Waals surface area contributed by atoms with Gasteiger partial charge in [0.2, 0.25) is 5.91 Å². The lowest BCUT2D eigenvalue weighted by molar-refractivity contribution is -0.118. The molecule has 0 spiro atoms. The van der Waals surface area contributed by atoms with Gasteiger partial charge in [0.15, 0.2) is 0 Å². The maximum Gasteiger partial charge on any atom is 0.241 e. The van der Waals surface area contributed by atoms with Gasteiger partial charge in [-0.3, -0.25) is 4.79 Å². The van der Waals surface area contributed by atoms with Gasteiger partial charge in [0.1, 0.15) is 0 Å². The number of H-pyrrole nitrogens is 1. The quantitative estimate of drug-likeness (QED) is 0.308. The van der Waals surface area contributed by atoms with Crippen LogP contribution in [0.25, 0.3) is 10.9 Å². The van der Waals surface area contributed by atoms with E-state index in [0.717, 1.165) is 47.3 Å². The summed E-state index contributed by atoms with van der Waals surface area (Å²) in [5, 5.41) is 7.88. The number of aryl methyl sites for hydroxylation is 3. The van der Waals surface area contributed by atoms with Crippen molar-refractivity contribution in [2.45, 2.75) is 39.2 Å². The van der Waals surface area contributed by atoms with Gasteiger partial charge in [-0.1, -0.05) is 66.7 Å². The minimum absolute atomic E-state index is 0.00684. The van der Waals surface area contributed by atoms with E-state index in [9.17, 15) is 4.79 Å². The minimum Gasteiger partial charge on any atom is -0.361 e. The van der Waals surface area contributed by atoms with Crippen LogP contribution in [0.15, 0.2) is 79.0 Å². The number of hydrogen-bond donors (Lipinski definition) is 3. The first kappa shape index (κ1) is 21.8. The highest BCUT2D eigenvalue weighted by atomic mass is 16.2. The van der Waals surface area contributed by atoms with E-state index in [-0.39, 0.29) is 11.9 Å². The van der Waals surface area contributed by atoms with Crippen molar-refractivity contribution in [3.63, 3.8) is 0 Å². The second-order valence-electron chi connectivity index (χ2n) is 8.42. The molecule has 0 fully saturated rings. The first-order valence-corrected chi connectivity index (χ1v) is 11.3. The monoisotopic (exact) mass is 425 g/mol. The number of hydrogen-bond acceptors (Lipinski definition) is 2. The fourth-order valence-electron chi connectivity index (χ4n) is 4.21. The molecule has 0 aliphatic rings. The second kappa shape index (κ2) is 10.3. The molecule has 32 heavy (non-hydrogen) atoms. The molecule has 0 aliphatic carbocycles. The third kappa shape index (κ3) is 5.27. The van der Waals surface area contributed by atoms with Gasteiger partial charge in [0.05, 0.1) is 6.04 Å². The molecule has 0 saturated heterocycles. The van der Waals surface area contributed by atoms with Crippen LogP contribution in [0, 0.1) is 13.8 Å². The summed E-state index contributed by atoms with van der Waals surface area (Å²) in [7, 11) is 0. The molecule has 1 aromatic heterocycles. The van der Waals surface area contributed by atoms with E-state index in [0.29, 0.717) is 6.42 Å². The smallest absolute Gasteiger partial charge is 0.241 e. The summed E-state index contributed by atoms with van der Waals surface area (Å²) in [6, 6.07) is 24.5. The van der Waals surface area contributed by atoms with E-state index in [1.165, 1.54) is 10.9 Å². The third-order valence-electron chi connectivity index (χ3n) is 6.02. The number of carbonyl (C=O) groups is 1. The Morgan fingerprint density at radius 2 is 1.62 bits per heavy atom. The van der Waals surface area contributed by atoms with Gasteiger partial charge < -0.3 is 15.6 Å². The maximum absolute atomic E-state index is 13.4. The number of aromatic nitrogens is 1.